The van der Waals surface area contributed by atoms with E-state index in [1.807, 2.05) is 23.1 Å². The van der Waals surface area contributed by atoms with Crippen LogP contribution in [0.3, 0.4) is 0 Å². The summed E-state index contributed by atoms with van der Waals surface area (Å²) < 4.78 is 13.4. The lowest BCUT2D eigenvalue weighted by Crippen LogP contribution is -2.53. The zero-order valence-corrected chi connectivity index (χ0v) is 14.8. The molecule has 1 saturated heterocycles. The number of carbonyl (C=O) groups is 1. The highest BCUT2D eigenvalue weighted by atomic mass is 19.1. The predicted octanol–water partition coefficient (Wildman–Crippen LogP) is 4.44. The third-order valence-corrected chi connectivity index (χ3v) is 5.15. The molecular weight excluding hydrogens is 341 g/mol. The zero-order chi connectivity index (χ0) is 18.8. The lowest BCUT2D eigenvalue weighted by atomic mass is 9.77. The molecule has 4 rings (SSSR count). The summed E-state index contributed by atoms with van der Waals surface area (Å²) >= 11 is 0. The molecule has 3 nitrogen and oxygen atoms in total. The first-order valence-corrected chi connectivity index (χ1v) is 9.02. The molecule has 1 N–H and O–H groups in total. The normalized spacial score (nSPS) is 19.0. The number of nitrogens with zero attached hydrogens (tertiary/aromatic N) is 1. The number of hydrogen-bond donors (Lipinski definition) is 1. The van der Waals surface area contributed by atoms with Crippen molar-refractivity contribution in [3.63, 3.8) is 0 Å². The second-order valence-corrected chi connectivity index (χ2v) is 6.83. The third-order valence-electron chi connectivity index (χ3n) is 5.15. The third kappa shape index (κ3) is 3.43. The molecule has 0 aliphatic carbocycles. The topological polar surface area (TPSA) is 40.5 Å². The number of hydrogen-bond acceptors (Lipinski definition) is 2. The highest BCUT2D eigenvalue weighted by molar-refractivity contribution is 5.91. The van der Waals surface area contributed by atoms with Crippen LogP contribution in [0, 0.1) is 5.82 Å². The van der Waals surface area contributed by atoms with Gasteiger partial charge in [-0.3, -0.25) is 4.79 Å². The van der Waals surface area contributed by atoms with Crippen LogP contribution in [0.1, 0.15) is 28.7 Å². The van der Waals surface area contributed by atoms with Crippen LogP contribution in [0.4, 0.5) is 4.39 Å². The van der Waals surface area contributed by atoms with E-state index >= 15 is 0 Å². The van der Waals surface area contributed by atoms with E-state index < -0.39 is 0 Å². The highest BCUT2D eigenvalue weighted by Crippen LogP contribution is 2.46. The summed E-state index contributed by atoms with van der Waals surface area (Å²) in [6.45, 7) is 0.611. The lowest BCUT2D eigenvalue weighted by molar-refractivity contribution is -0.150. The Morgan fingerprint density at radius 2 is 1.48 bits per heavy atom. The minimum absolute atomic E-state index is 0.0611. The molecule has 3 aromatic carbocycles. The van der Waals surface area contributed by atoms with Crippen LogP contribution < -0.4 is 0 Å². The van der Waals surface area contributed by atoms with Crippen molar-refractivity contribution in [3.05, 3.63) is 101 Å². The van der Waals surface area contributed by atoms with Crippen molar-refractivity contribution in [2.45, 2.75) is 18.4 Å². The Kier molecular flexibility index (Phi) is 4.63. The van der Waals surface area contributed by atoms with Gasteiger partial charge in [0.2, 0.25) is 5.91 Å². The van der Waals surface area contributed by atoms with Gasteiger partial charge in [-0.15, -0.1) is 0 Å². The Labute approximate surface area is 157 Å². The van der Waals surface area contributed by atoms with E-state index in [0.29, 0.717) is 6.54 Å². The minimum Gasteiger partial charge on any atom is -0.508 e. The van der Waals surface area contributed by atoms with E-state index in [9.17, 15) is 14.3 Å². The van der Waals surface area contributed by atoms with Gasteiger partial charge in [-0.05, 0) is 47.4 Å². The summed E-state index contributed by atoms with van der Waals surface area (Å²) in [5.41, 5.74) is 2.96. The van der Waals surface area contributed by atoms with E-state index in [2.05, 4.69) is 12.1 Å². The average molecular weight is 361 g/mol. The molecule has 0 saturated carbocycles. The number of aromatic hydroxyl groups is 1. The number of β-lactam (4-membered cyclic amide) rings is 1. The Hall–Kier alpha value is -3.14. The van der Waals surface area contributed by atoms with Crippen molar-refractivity contribution < 1.29 is 14.3 Å². The number of amides is 1. The molecule has 0 radical (unpaired) electrons. The van der Waals surface area contributed by atoms with Crippen molar-refractivity contribution in [3.8, 4) is 5.75 Å². The molecule has 0 aromatic heterocycles. The van der Waals surface area contributed by atoms with Gasteiger partial charge in [-0.2, -0.15) is 0 Å². The number of benzene rings is 3. The van der Waals surface area contributed by atoms with E-state index in [4.69, 9.17) is 0 Å². The summed E-state index contributed by atoms with van der Waals surface area (Å²) in [6, 6.07) is 23.0. The molecular formula is C23H20FNO2. The van der Waals surface area contributed by atoms with Gasteiger partial charge >= 0.3 is 0 Å². The molecule has 1 aliphatic rings. The second kappa shape index (κ2) is 7.23. The largest absolute Gasteiger partial charge is 0.508 e. The first-order chi connectivity index (χ1) is 13.1. The quantitative estimate of drug-likeness (QED) is 0.683. The van der Waals surface area contributed by atoms with Gasteiger partial charge in [0.1, 0.15) is 11.6 Å². The maximum Gasteiger partial charge on any atom is 0.233 e. The Morgan fingerprint density at radius 3 is 2.15 bits per heavy atom. The van der Waals surface area contributed by atoms with Gasteiger partial charge in [0.25, 0.3) is 0 Å². The van der Waals surface area contributed by atoms with Crippen LogP contribution in [0.5, 0.6) is 5.75 Å². The molecule has 2 atom stereocenters. The second-order valence-electron chi connectivity index (χ2n) is 6.83. The van der Waals surface area contributed by atoms with Gasteiger partial charge in [0.05, 0.1) is 12.0 Å². The Bertz CT molecular complexity index is 923. The summed E-state index contributed by atoms with van der Waals surface area (Å²) in [6.07, 6.45) is 0.770. The number of phenols is 1. The van der Waals surface area contributed by atoms with Gasteiger partial charge in [0.15, 0.2) is 0 Å². The molecule has 136 valence electrons. The Morgan fingerprint density at radius 1 is 0.852 bits per heavy atom. The van der Waals surface area contributed by atoms with Crippen LogP contribution >= 0.6 is 0 Å². The van der Waals surface area contributed by atoms with Crippen LogP contribution in [-0.4, -0.2) is 22.5 Å². The van der Waals surface area contributed by atoms with Gasteiger partial charge in [0, 0.05) is 6.54 Å². The first kappa shape index (κ1) is 17.3. The fraction of sp³-hybridized carbons (Fsp3) is 0.174. The SMILES string of the molecule is O=C1[C@@H](c2ccc(O)cc2)[C@@H](c2ccc(F)cc2)N1CCc1ccccc1. The summed E-state index contributed by atoms with van der Waals surface area (Å²) in [4.78, 5) is 14.8. The summed E-state index contributed by atoms with van der Waals surface area (Å²) in [5, 5.41) is 9.53. The maximum atomic E-state index is 13.4. The molecule has 1 fully saturated rings. The zero-order valence-electron chi connectivity index (χ0n) is 14.8. The number of carbonyl (C=O) groups excluding carboxylic acids is 1. The highest BCUT2D eigenvalue weighted by Gasteiger charge is 2.48. The smallest absolute Gasteiger partial charge is 0.233 e. The van der Waals surface area contributed by atoms with Crippen molar-refractivity contribution in [2.75, 3.05) is 6.54 Å². The molecule has 1 heterocycles. The van der Waals surface area contributed by atoms with Crippen molar-refractivity contribution in [2.24, 2.45) is 0 Å². The molecule has 0 unspecified atom stereocenters. The van der Waals surface area contributed by atoms with E-state index in [0.717, 1.165) is 17.5 Å². The molecule has 27 heavy (non-hydrogen) atoms. The van der Waals surface area contributed by atoms with E-state index in [-0.39, 0.29) is 29.4 Å². The average Bonchev–Trinajstić information content (AvgIpc) is 2.69. The van der Waals surface area contributed by atoms with Crippen LogP contribution in [0.2, 0.25) is 0 Å². The van der Waals surface area contributed by atoms with Gasteiger partial charge < -0.3 is 10.0 Å². The van der Waals surface area contributed by atoms with Crippen LogP contribution in [0.15, 0.2) is 78.9 Å². The number of rotatable bonds is 5. The number of likely N-dealkylation sites (tertiary alicyclic amines) is 1. The fourth-order valence-electron chi connectivity index (χ4n) is 3.73. The molecule has 1 amide bonds. The van der Waals surface area contributed by atoms with E-state index in [1.165, 1.54) is 17.7 Å². The van der Waals surface area contributed by atoms with Crippen molar-refractivity contribution in [1.82, 2.24) is 4.90 Å². The molecule has 3 aromatic rings. The molecule has 4 heteroatoms. The molecule has 0 bridgehead atoms. The monoisotopic (exact) mass is 361 g/mol. The fourth-order valence-corrected chi connectivity index (χ4v) is 3.73. The van der Waals surface area contributed by atoms with Crippen molar-refractivity contribution >= 4 is 5.91 Å². The standard InChI is InChI=1S/C23H20FNO2/c24-19-10-6-18(7-11-19)22-21(17-8-12-20(26)13-9-17)23(27)25(22)15-14-16-4-2-1-3-5-16/h1-13,21-22,26H,14-15H2/t21-,22+/m0/s1. The first-order valence-electron chi connectivity index (χ1n) is 9.02. The lowest BCUT2D eigenvalue weighted by Gasteiger charge is -2.48. The molecule has 1 aliphatic heterocycles. The van der Waals surface area contributed by atoms with Crippen molar-refractivity contribution in [1.29, 1.82) is 0 Å². The van der Waals surface area contributed by atoms with Gasteiger partial charge in [-0.25, -0.2) is 4.39 Å². The maximum absolute atomic E-state index is 13.4. The Balaban J connectivity index is 1.61. The number of phenolic OH excluding ortho intramolecular Hbond substituents is 1. The predicted molar refractivity (Wildman–Crippen MR) is 102 cm³/mol. The van der Waals surface area contributed by atoms with Crippen LogP contribution in [0.25, 0.3) is 0 Å². The van der Waals surface area contributed by atoms with Gasteiger partial charge in [-0.1, -0.05) is 54.6 Å². The van der Waals surface area contributed by atoms with E-state index in [1.54, 1.807) is 36.4 Å². The van der Waals surface area contributed by atoms with Crippen LogP contribution in [-0.2, 0) is 11.2 Å². The molecule has 0 spiro atoms. The number of halogens is 1. The summed E-state index contributed by atoms with van der Waals surface area (Å²) in [5.74, 6) is -0.371. The minimum atomic E-state index is -0.313. The summed E-state index contributed by atoms with van der Waals surface area (Å²) in [7, 11) is 0.